The molecule has 0 bridgehead atoms. The van der Waals surface area contributed by atoms with Crippen LogP contribution in [0.1, 0.15) is 24.3 Å². The molecule has 1 aliphatic heterocycles. The van der Waals surface area contributed by atoms with Gasteiger partial charge in [-0.2, -0.15) is 0 Å². The highest BCUT2D eigenvalue weighted by Gasteiger charge is 2.18. The average molecular weight is 195 g/mol. The second kappa shape index (κ2) is 3.96. The number of rotatable bonds is 1. The molecule has 0 radical (unpaired) electrons. The summed E-state index contributed by atoms with van der Waals surface area (Å²) in [5, 5.41) is 12.8. The van der Waals surface area contributed by atoms with E-state index >= 15 is 0 Å². The fraction of sp³-hybridized carbons (Fsp3) is 0.455. The molecule has 0 saturated carbocycles. The topological polar surface area (TPSA) is 32.3 Å². The molecule has 2 rings (SSSR count). The summed E-state index contributed by atoms with van der Waals surface area (Å²) in [7, 11) is 0. The van der Waals surface area contributed by atoms with Crippen molar-refractivity contribution < 1.29 is 9.50 Å². The number of piperidine rings is 1. The molecule has 14 heavy (non-hydrogen) atoms. The summed E-state index contributed by atoms with van der Waals surface area (Å²) >= 11 is 0. The molecule has 1 aliphatic rings. The van der Waals surface area contributed by atoms with Gasteiger partial charge in [0.25, 0.3) is 0 Å². The van der Waals surface area contributed by atoms with Crippen LogP contribution in [0.25, 0.3) is 0 Å². The van der Waals surface area contributed by atoms with Gasteiger partial charge in [-0.05, 0) is 31.0 Å². The van der Waals surface area contributed by atoms with Crippen LogP contribution >= 0.6 is 0 Å². The molecule has 0 aliphatic carbocycles. The Bertz CT molecular complexity index is 321. The minimum atomic E-state index is -0.380. The van der Waals surface area contributed by atoms with Crippen molar-refractivity contribution in [3.63, 3.8) is 0 Å². The van der Waals surface area contributed by atoms with Gasteiger partial charge in [0.15, 0.2) is 0 Å². The van der Waals surface area contributed by atoms with Gasteiger partial charge in [-0.1, -0.05) is 6.07 Å². The fourth-order valence-corrected chi connectivity index (χ4v) is 1.98. The first-order valence-electron chi connectivity index (χ1n) is 4.96. The smallest absolute Gasteiger partial charge is 0.126 e. The first-order chi connectivity index (χ1) is 6.77. The van der Waals surface area contributed by atoms with Crippen molar-refractivity contribution >= 4 is 0 Å². The van der Waals surface area contributed by atoms with Crippen molar-refractivity contribution in [3.8, 4) is 5.75 Å². The van der Waals surface area contributed by atoms with Crippen molar-refractivity contribution in [1.82, 2.24) is 5.32 Å². The van der Waals surface area contributed by atoms with Crippen LogP contribution in [0, 0.1) is 5.82 Å². The van der Waals surface area contributed by atoms with Crippen molar-refractivity contribution in [3.05, 3.63) is 29.6 Å². The van der Waals surface area contributed by atoms with Crippen molar-refractivity contribution in [2.24, 2.45) is 0 Å². The largest absolute Gasteiger partial charge is 0.508 e. The average Bonchev–Trinajstić information content (AvgIpc) is 2.19. The Kier molecular flexibility index (Phi) is 2.68. The molecule has 2 nitrogen and oxygen atoms in total. The van der Waals surface area contributed by atoms with Gasteiger partial charge in [-0.3, -0.25) is 0 Å². The number of halogens is 1. The van der Waals surface area contributed by atoms with Crippen LogP contribution in [0.5, 0.6) is 5.75 Å². The Hall–Kier alpha value is -1.09. The third-order valence-electron chi connectivity index (χ3n) is 2.73. The third-order valence-corrected chi connectivity index (χ3v) is 2.73. The number of hydrogen-bond donors (Lipinski definition) is 2. The molecule has 76 valence electrons. The highest BCUT2D eigenvalue weighted by Crippen LogP contribution is 2.30. The molecular formula is C11H14FNO. The standard InChI is InChI=1S/C11H14FNO/c12-9-3-4-10(11(14)6-9)8-2-1-5-13-7-8/h3-4,6,8,13-14H,1-2,5,7H2. The Morgan fingerprint density at radius 2 is 2.29 bits per heavy atom. The molecular weight excluding hydrogens is 181 g/mol. The number of phenols is 1. The summed E-state index contributed by atoms with van der Waals surface area (Å²) < 4.78 is 12.7. The Morgan fingerprint density at radius 1 is 1.43 bits per heavy atom. The van der Waals surface area contributed by atoms with Gasteiger partial charge < -0.3 is 10.4 Å². The zero-order valence-electron chi connectivity index (χ0n) is 7.96. The Labute approximate surface area is 82.8 Å². The van der Waals surface area contributed by atoms with E-state index in [9.17, 15) is 9.50 Å². The van der Waals surface area contributed by atoms with E-state index in [1.54, 1.807) is 6.07 Å². The van der Waals surface area contributed by atoms with Crippen LogP contribution < -0.4 is 5.32 Å². The molecule has 1 fully saturated rings. The van der Waals surface area contributed by atoms with Gasteiger partial charge >= 0.3 is 0 Å². The normalized spacial score (nSPS) is 22.2. The van der Waals surface area contributed by atoms with Crippen LogP contribution in [0.3, 0.4) is 0 Å². The lowest BCUT2D eigenvalue weighted by Crippen LogP contribution is -2.28. The number of aromatic hydroxyl groups is 1. The van der Waals surface area contributed by atoms with Crippen molar-refractivity contribution in [1.29, 1.82) is 0 Å². The second-order valence-electron chi connectivity index (χ2n) is 3.75. The molecule has 1 atom stereocenters. The minimum absolute atomic E-state index is 0.0821. The highest BCUT2D eigenvalue weighted by molar-refractivity contribution is 5.36. The summed E-state index contributed by atoms with van der Waals surface area (Å²) in [5.74, 6) is 0.0260. The van der Waals surface area contributed by atoms with Gasteiger partial charge in [0.05, 0.1) is 0 Å². The third kappa shape index (κ3) is 1.87. The minimum Gasteiger partial charge on any atom is -0.508 e. The highest BCUT2D eigenvalue weighted by atomic mass is 19.1. The van der Waals surface area contributed by atoms with Crippen molar-refractivity contribution in [2.45, 2.75) is 18.8 Å². The zero-order valence-corrected chi connectivity index (χ0v) is 7.96. The van der Waals surface area contributed by atoms with E-state index in [0.717, 1.165) is 31.5 Å². The summed E-state index contributed by atoms with van der Waals surface area (Å²) in [6.07, 6.45) is 2.17. The van der Waals surface area contributed by atoms with E-state index in [1.165, 1.54) is 12.1 Å². The summed E-state index contributed by atoms with van der Waals surface area (Å²) in [6, 6.07) is 4.27. The molecule has 0 aromatic heterocycles. The molecule has 1 aromatic rings. The van der Waals surface area contributed by atoms with Gasteiger partial charge in [0.1, 0.15) is 11.6 Å². The van der Waals surface area contributed by atoms with Gasteiger partial charge in [-0.15, -0.1) is 0 Å². The van der Waals surface area contributed by atoms with E-state index in [0.29, 0.717) is 5.92 Å². The van der Waals surface area contributed by atoms with Gasteiger partial charge in [0.2, 0.25) is 0 Å². The first-order valence-corrected chi connectivity index (χ1v) is 4.96. The monoisotopic (exact) mass is 195 g/mol. The Morgan fingerprint density at radius 3 is 2.93 bits per heavy atom. The predicted octanol–water partition coefficient (Wildman–Crippen LogP) is 2.00. The quantitative estimate of drug-likeness (QED) is 0.718. The number of benzene rings is 1. The number of phenolic OH excluding ortho intramolecular Hbond substituents is 1. The second-order valence-corrected chi connectivity index (χ2v) is 3.75. The predicted molar refractivity (Wildman–Crippen MR) is 52.9 cm³/mol. The SMILES string of the molecule is Oc1cc(F)ccc1C1CCCNC1. The molecule has 1 heterocycles. The lowest BCUT2D eigenvalue weighted by Gasteiger charge is -2.23. The van der Waals surface area contributed by atoms with Crippen LogP contribution in [-0.4, -0.2) is 18.2 Å². The van der Waals surface area contributed by atoms with Crippen molar-refractivity contribution in [2.75, 3.05) is 13.1 Å². The maximum absolute atomic E-state index is 12.7. The molecule has 1 aromatic carbocycles. The van der Waals surface area contributed by atoms with Gasteiger partial charge in [0, 0.05) is 18.5 Å². The fourth-order valence-electron chi connectivity index (χ4n) is 1.98. The lowest BCUT2D eigenvalue weighted by molar-refractivity contribution is 0.422. The Balaban J connectivity index is 2.22. The van der Waals surface area contributed by atoms with Crippen LogP contribution in [0.15, 0.2) is 18.2 Å². The van der Waals surface area contributed by atoms with E-state index in [2.05, 4.69) is 5.32 Å². The molecule has 0 spiro atoms. The van der Waals surface area contributed by atoms with E-state index in [4.69, 9.17) is 0 Å². The lowest BCUT2D eigenvalue weighted by atomic mass is 9.91. The number of hydrogen-bond acceptors (Lipinski definition) is 2. The van der Waals surface area contributed by atoms with Crippen LogP contribution in [0.4, 0.5) is 4.39 Å². The van der Waals surface area contributed by atoms with E-state index < -0.39 is 0 Å². The number of nitrogens with one attached hydrogen (secondary N) is 1. The van der Waals surface area contributed by atoms with E-state index in [1.807, 2.05) is 0 Å². The molecule has 1 saturated heterocycles. The molecule has 3 heteroatoms. The molecule has 0 amide bonds. The summed E-state index contributed by atoms with van der Waals surface area (Å²) in [5.41, 5.74) is 0.860. The van der Waals surface area contributed by atoms with E-state index in [-0.39, 0.29) is 11.6 Å². The van der Waals surface area contributed by atoms with Crippen LogP contribution in [-0.2, 0) is 0 Å². The first kappa shape index (κ1) is 9.46. The maximum atomic E-state index is 12.7. The molecule has 1 unspecified atom stereocenters. The zero-order chi connectivity index (χ0) is 9.97. The van der Waals surface area contributed by atoms with Crippen LogP contribution in [0.2, 0.25) is 0 Å². The maximum Gasteiger partial charge on any atom is 0.126 e. The van der Waals surface area contributed by atoms with Gasteiger partial charge in [-0.25, -0.2) is 4.39 Å². The summed E-state index contributed by atoms with van der Waals surface area (Å²) in [4.78, 5) is 0. The summed E-state index contributed by atoms with van der Waals surface area (Å²) in [6.45, 7) is 1.91. The molecule has 2 N–H and O–H groups in total.